The van der Waals surface area contributed by atoms with Crippen LogP contribution in [0, 0.1) is 0 Å². The lowest BCUT2D eigenvalue weighted by atomic mass is 9.65. The Hall–Kier alpha value is -7.08. The molecule has 0 saturated heterocycles. The fourth-order valence-corrected chi connectivity index (χ4v) is 12.1. The van der Waals surface area contributed by atoms with Gasteiger partial charge in [-0.05, 0) is 85.0 Å². The van der Waals surface area contributed by atoms with E-state index < -0.39 is 5.41 Å². The van der Waals surface area contributed by atoms with Crippen molar-refractivity contribution in [3.05, 3.63) is 232 Å². The lowest BCUT2D eigenvalue weighted by molar-refractivity contribution is 0.449. The number of benzene rings is 8. The van der Waals surface area contributed by atoms with Crippen LogP contribution in [0.15, 0.2) is 192 Å². The number of para-hydroxylation sites is 1. The van der Waals surface area contributed by atoms with E-state index in [1.165, 1.54) is 66.8 Å². The fourth-order valence-electron chi connectivity index (χ4n) is 11.0. The Morgan fingerprint density at radius 3 is 1.82 bits per heavy atom. The molecule has 1 unspecified atom stereocenters. The average molecular weight is 800 g/mol. The normalized spacial score (nSPS) is 16.2. The summed E-state index contributed by atoms with van der Waals surface area (Å²) in [6.07, 6.45) is 0. The molecule has 13 rings (SSSR count). The second-order valence-electron chi connectivity index (χ2n) is 17.0. The first-order chi connectivity index (χ1) is 30.0. The van der Waals surface area contributed by atoms with E-state index in [1.54, 1.807) is 11.8 Å². The molecule has 2 heterocycles. The van der Waals surface area contributed by atoms with Gasteiger partial charge in [-0.3, -0.25) is 0 Å². The van der Waals surface area contributed by atoms with Gasteiger partial charge < -0.3 is 4.74 Å². The van der Waals surface area contributed by atoms with E-state index in [-0.39, 0.29) is 11.3 Å². The van der Waals surface area contributed by atoms with Gasteiger partial charge in [-0.25, -0.2) is 15.0 Å². The summed E-state index contributed by atoms with van der Waals surface area (Å²) in [5.41, 5.74) is 16.2. The highest BCUT2D eigenvalue weighted by Crippen LogP contribution is 2.64. The van der Waals surface area contributed by atoms with Crippen molar-refractivity contribution in [1.82, 2.24) is 15.0 Å². The van der Waals surface area contributed by atoms with Crippen LogP contribution in [-0.4, -0.2) is 15.0 Å². The van der Waals surface area contributed by atoms with E-state index in [0.717, 1.165) is 38.2 Å². The molecule has 8 aromatic carbocycles. The Kier molecular flexibility index (Phi) is 7.24. The van der Waals surface area contributed by atoms with Gasteiger partial charge in [0.05, 0.1) is 21.1 Å². The summed E-state index contributed by atoms with van der Waals surface area (Å²) in [5.74, 6) is 3.48. The summed E-state index contributed by atoms with van der Waals surface area (Å²) < 4.78 is 6.68. The highest BCUT2D eigenvalue weighted by molar-refractivity contribution is 7.99. The van der Waals surface area contributed by atoms with E-state index in [1.807, 2.05) is 12.1 Å². The van der Waals surface area contributed by atoms with Crippen molar-refractivity contribution >= 4 is 11.8 Å². The van der Waals surface area contributed by atoms with Crippen LogP contribution in [0.1, 0.15) is 70.1 Å². The number of aromatic nitrogens is 3. The smallest absolute Gasteiger partial charge is 0.164 e. The predicted octanol–water partition coefficient (Wildman–Crippen LogP) is 13.6. The van der Waals surface area contributed by atoms with Crippen molar-refractivity contribution in [2.75, 3.05) is 0 Å². The summed E-state index contributed by atoms with van der Waals surface area (Å²) in [5, 5.41) is 0. The molecule has 0 amide bonds. The third-order valence-electron chi connectivity index (χ3n) is 13.6. The monoisotopic (exact) mass is 799 g/mol. The zero-order valence-electron chi connectivity index (χ0n) is 33.6. The van der Waals surface area contributed by atoms with Gasteiger partial charge in [-0.2, -0.15) is 0 Å². The van der Waals surface area contributed by atoms with E-state index in [9.17, 15) is 0 Å². The summed E-state index contributed by atoms with van der Waals surface area (Å²) >= 11 is 1.78. The molecule has 1 aromatic heterocycles. The minimum Gasteiger partial charge on any atom is -0.455 e. The Morgan fingerprint density at radius 2 is 1.05 bits per heavy atom. The van der Waals surface area contributed by atoms with Crippen molar-refractivity contribution in [2.24, 2.45) is 0 Å². The third-order valence-corrected chi connectivity index (χ3v) is 14.7. The quantitative estimate of drug-likeness (QED) is 0.178. The molecular formula is C56H37N3OS. The maximum absolute atomic E-state index is 6.68. The maximum atomic E-state index is 6.68. The van der Waals surface area contributed by atoms with Gasteiger partial charge in [0.25, 0.3) is 0 Å². The molecule has 0 N–H and O–H groups in total. The van der Waals surface area contributed by atoms with Gasteiger partial charge in [0.2, 0.25) is 0 Å². The lowest BCUT2D eigenvalue weighted by Crippen LogP contribution is -2.31. The molecule has 9 aromatic rings. The van der Waals surface area contributed by atoms with Crippen LogP contribution in [-0.2, 0) is 10.8 Å². The number of hydrogen-bond donors (Lipinski definition) is 0. The van der Waals surface area contributed by atoms with Gasteiger partial charge in [0.15, 0.2) is 11.6 Å². The number of nitrogens with zero attached hydrogens (tertiary/aromatic N) is 3. The SMILES string of the molecule is CC1(C)c2ccccc2C(c2nc(-c3ccccc3)nc(-c3cccc4c3-c3ccccc3C43c4ccccc4-c4ccccc43)n2)c2c1ccc1c2Sc2ccccc2O1. The summed E-state index contributed by atoms with van der Waals surface area (Å²) in [6, 6.07) is 65.5. The van der Waals surface area contributed by atoms with Crippen molar-refractivity contribution in [2.45, 2.75) is 40.4 Å². The average Bonchev–Trinajstić information content (AvgIpc) is 3.79. The van der Waals surface area contributed by atoms with Gasteiger partial charge in [0, 0.05) is 16.5 Å². The summed E-state index contributed by atoms with van der Waals surface area (Å²) in [7, 11) is 0. The number of fused-ring (bicyclic) bond motifs is 15. The summed E-state index contributed by atoms with van der Waals surface area (Å²) in [6.45, 7) is 4.67. The Bertz CT molecular complexity index is 3270. The molecule has 0 saturated carbocycles. The van der Waals surface area contributed by atoms with Crippen LogP contribution in [0.4, 0.5) is 0 Å². The first-order valence-corrected chi connectivity index (χ1v) is 21.8. The molecule has 61 heavy (non-hydrogen) atoms. The minimum atomic E-state index is -0.480. The summed E-state index contributed by atoms with van der Waals surface area (Å²) in [4.78, 5) is 18.8. The van der Waals surface area contributed by atoms with Gasteiger partial charge >= 0.3 is 0 Å². The Morgan fingerprint density at radius 1 is 0.459 bits per heavy atom. The first-order valence-electron chi connectivity index (χ1n) is 21.0. The van der Waals surface area contributed by atoms with Crippen molar-refractivity contribution in [1.29, 1.82) is 0 Å². The topological polar surface area (TPSA) is 47.9 Å². The Balaban J connectivity index is 1.10. The Labute approximate surface area is 359 Å². The van der Waals surface area contributed by atoms with Crippen LogP contribution >= 0.6 is 11.8 Å². The van der Waals surface area contributed by atoms with Crippen molar-refractivity contribution < 1.29 is 4.74 Å². The zero-order valence-corrected chi connectivity index (χ0v) is 34.4. The molecular weight excluding hydrogens is 763 g/mol. The van der Waals surface area contributed by atoms with E-state index >= 15 is 0 Å². The highest BCUT2D eigenvalue weighted by atomic mass is 32.2. The third kappa shape index (κ3) is 4.70. The van der Waals surface area contributed by atoms with Crippen molar-refractivity contribution in [3.63, 3.8) is 0 Å². The molecule has 0 bridgehead atoms. The van der Waals surface area contributed by atoms with Crippen LogP contribution < -0.4 is 4.74 Å². The van der Waals surface area contributed by atoms with E-state index in [2.05, 4.69) is 184 Å². The highest BCUT2D eigenvalue weighted by Gasteiger charge is 2.52. The molecule has 4 nitrogen and oxygen atoms in total. The minimum absolute atomic E-state index is 0.279. The number of rotatable bonds is 3. The lowest BCUT2D eigenvalue weighted by Gasteiger charge is -2.41. The molecule has 1 aliphatic heterocycles. The standard InChI is InChI=1S/C56H37N3OS/c1-55(2)39-24-10-8-21-36(39)49(50-43(55)31-32-46-51(50)61-47-30-15-14-29-45(47)60-46)54-58-52(33-17-4-3-5-18-33)57-53(59-54)38-23-16-28-44-48(38)37-22-9-13-27-42(37)56(44)40-25-11-6-19-34(40)35-20-7-12-26-41(35)56/h3-32,49H,1-2H3. The first kappa shape index (κ1) is 34.8. The van der Waals surface area contributed by atoms with Crippen LogP contribution in [0.2, 0.25) is 0 Å². The fraction of sp³-hybridized carbons (Fsp3) is 0.0893. The van der Waals surface area contributed by atoms with Crippen molar-refractivity contribution in [3.8, 4) is 56.5 Å². The molecule has 0 radical (unpaired) electrons. The zero-order chi connectivity index (χ0) is 40.5. The molecule has 1 atom stereocenters. The second kappa shape index (κ2) is 12.7. The van der Waals surface area contributed by atoms with E-state index in [4.69, 9.17) is 19.7 Å². The van der Waals surface area contributed by atoms with Crippen LogP contribution in [0.3, 0.4) is 0 Å². The number of ether oxygens (including phenoxy) is 1. The molecule has 0 fully saturated rings. The molecule has 5 heteroatoms. The van der Waals surface area contributed by atoms with Gasteiger partial charge in [-0.15, -0.1) is 0 Å². The van der Waals surface area contributed by atoms with Crippen LogP contribution in [0.5, 0.6) is 11.5 Å². The van der Waals surface area contributed by atoms with Crippen LogP contribution in [0.25, 0.3) is 45.0 Å². The largest absolute Gasteiger partial charge is 0.455 e. The predicted molar refractivity (Wildman–Crippen MR) is 244 cm³/mol. The molecule has 4 aliphatic rings. The van der Waals surface area contributed by atoms with Gasteiger partial charge in [0.1, 0.15) is 17.3 Å². The second-order valence-corrected chi connectivity index (χ2v) is 18.0. The molecule has 1 spiro atoms. The maximum Gasteiger partial charge on any atom is 0.164 e. The van der Waals surface area contributed by atoms with Gasteiger partial charge in [-0.1, -0.05) is 189 Å². The molecule has 3 aliphatic carbocycles. The van der Waals surface area contributed by atoms with E-state index in [0.29, 0.717) is 11.6 Å². The number of hydrogen-bond acceptors (Lipinski definition) is 5. The molecule has 288 valence electrons.